The minimum absolute atomic E-state index is 0.0934. The van der Waals surface area contributed by atoms with Gasteiger partial charge in [-0.05, 0) is 31.0 Å². The molecule has 5 heteroatoms. The average Bonchev–Trinajstić information content (AvgIpc) is 2.55. The normalized spacial score (nSPS) is 13.7. The number of benzene rings is 2. The van der Waals surface area contributed by atoms with Crippen LogP contribution in [0.25, 0.3) is 11.0 Å². The number of halogens is 1. The SMILES string of the molecule is CC(O)CC(Nc1nc2ccccc2nc1Cl)c1ccccc1. The number of hydrogen-bond acceptors (Lipinski definition) is 4. The smallest absolute Gasteiger partial charge is 0.172 e. The maximum atomic E-state index is 9.79. The molecule has 0 bridgehead atoms. The second kappa shape index (κ2) is 6.94. The number of aliphatic hydroxyl groups is 1. The Morgan fingerprint density at radius 2 is 1.61 bits per heavy atom. The van der Waals surface area contributed by atoms with Crippen molar-refractivity contribution in [3.63, 3.8) is 0 Å². The first kappa shape index (κ1) is 15.7. The molecule has 3 aromatic rings. The molecule has 0 aliphatic heterocycles. The molecular weight excluding hydrogens is 310 g/mol. The number of aromatic nitrogens is 2. The molecule has 1 aromatic heterocycles. The number of nitrogens with zero attached hydrogens (tertiary/aromatic N) is 2. The lowest BCUT2D eigenvalue weighted by molar-refractivity contribution is 0.177. The average molecular weight is 328 g/mol. The van der Waals surface area contributed by atoms with Gasteiger partial charge in [-0.15, -0.1) is 0 Å². The van der Waals surface area contributed by atoms with Crippen LogP contribution in [-0.4, -0.2) is 21.2 Å². The van der Waals surface area contributed by atoms with Gasteiger partial charge in [0.2, 0.25) is 0 Å². The monoisotopic (exact) mass is 327 g/mol. The summed E-state index contributed by atoms with van der Waals surface area (Å²) in [5.74, 6) is 0.528. The topological polar surface area (TPSA) is 58.0 Å². The molecule has 0 saturated carbocycles. The van der Waals surface area contributed by atoms with Crippen LogP contribution in [0.2, 0.25) is 5.15 Å². The van der Waals surface area contributed by atoms with Crippen LogP contribution in [0, 0.1) is 0 Å². The zero-order chi connectivity index (χ0) is 16.2. The minimum Gasteiger partial charge on any atom is -0.393 e. The molecule has 2 aromatic carbocycles. The number of nitrogens with one attached hydrogen (secondary N) is 1. The van der Waals surface area contributed by atoms with Crippen molar-refractivity contribution in [3.8, 4) is 0 Å². The third-order valence-corrected chi connectivity index (χ3v) is 3.88. The summed E-state index contributed by atoms with van der Waals surface area (Å²) in [6.45, 7) is 1.77. The highest BCUT2D eigenvalue weighted by atomic mass is 35.5. The first-order valence-corrected chi connectivity index (χ1v) is 7.93. The molecule has 23 heavy (non-hydrogen) atoms. The van der Waals surface area contributed by atoms with E-state index in [2.05, 4.69) is 15.3 Å². The van der Waals surface area contributed by atoms with Gasteiger partial charge in [0.25, 0.3) is 0 Å². The molecule has 0 aliphatic carbocycles. The summed E-state index contributed by atoms with van der Waals surface area (Å²) < 4.78 is 0. The highest BCUT2D eigenvalue weighted by molar-refractivity contribution is 6.32. The van der Waals surface area contributed by atoms with Crippen LogP contribution in [-0.2, 0) is 0 Å². The van der Waals surface area contributed by atoms with E-state index in [0.29, 0.717) is 17.4 Å². The number of hydrogen-bond donors (Lipinski definition) is 2. The van der Waals surface area contributed by atoms with Gasteiger partial charge < -0.3 is 10.4 Å². The van der Waals surface area contributed by atoms with Crippen LogP contribution in [0.5, 0.6) is 0 Å². The zero-order valence-electron chi connectivity index (χ0n) is 12.8. The van der Waals surface area contributed by atoms with Crippen molar-refractivity contribution in [2.24, 2.45) is 0 Å². The second-order valence-electron chi connectivity index (χ2n) is 5.54. The van der Waals surface area contributed by atoms with Crippen molar-refractivity contribution in [3.05, 3.63) is 65.3 Å². The van der Waals surface area contributed by atoms with Gasteiger partial charge in [0.1, 0.15) is 0 Å². The van der Waals surface area contributed by atoms with Gasteiger partial charge in [-0.25, -0.2) is 9.97 Å². The van der Waals surface area contributed by atoms with Gasteiger partial charge in [-0.3, -0.25) is 0 Å². The molecular formula is C18H18ClN3O. The maximum absolute atomic E-state index is 9.79. The van der Waals surface area contributed by atoms with E-state index >= 15 is 0 Å². The fourth-order valence-electron chi connectivity index (χ4n) is 2.54. The van der Waals surface area contributed by atoms with Gasteiger partial charge in [0.05, 0.1) is 23.2 Å². The standard InChI is InChI=1S/C18H18ClN3O/c1-12(23)11-16(13-7-3-2-4-8-13)22-18-17(19)20-14-9-5-6-10-15(14)21-18/h2-10,12,16,23H,11H2,1H3,(H,21,22). The van der Waals surface area contributed by atoms with Crippen LogP contribution in [0.4, 0.5) is 5.82 Å². The van der Waals surface area contributed by atoms with Crippen LogP contribution in [0.1, 0.15) is 24.9 Å². The molecule has 0 aliphatic rings. The highest BCUT2D eigenvalue weighted by Crippen LogP contribution is 2.28. The Labute approximate surface area is 140 Å². The lowest BCUT2D eigenvalue weighted by atomic mass is 10.0. The van der Waals surface area contributed by atoms with Crippen molar-refractivity contribution < 1.29 is 5.11 Å². The Hall–Kier alpha value is -2.17. The number of aliphatic hydroxyl groups excluding tert-OH is 1. The third kappa shape index (κ3) is 3.78. The van der Waals surface area contributed by atoms with Gasteiger partial charge >= 0.3 is 0 Å². The molecule has 118 valence electrons. The van der Waals surface area contributed by atoms with E-state index in [9.17, 15) is 5.11 Å². The van der Waals surface area contributed by atoms with Crippen molar-refractivity contribution >= 4 is 28.5 Å². The van der Waals surface area contributed by atoms with E-state index in [-0.39, 0.29) is 6.04 Å². The fourth-order valence-corrected chi connectivity index (χ4v) is 2.73. The van der Waals surface area contributed by atoms with Gasteiger partial charge in [0.15, 0.2) is 11.0 Å². The van der Waals surface area contributed by atoms with E-state index in [1.165, 1.54) is 0 Å². The van der Waals surface area contributed by atoms with Gasteiger partial charge in [-0.1, -0.05) is 54.1 Å². The second-order valence-corrected chi connectivity index (χ2v) is 5.90. The van der Waals surface area contributed by atoms with E-state index in [1.54, 1.807) is 6.92 Å². The molecule has 0 amide bonds. The molecule has 2 atom stereocenters. The Bertz CT molecular complexity index is 793. The summed E-state index contributed by atoms with van der Waals surface area (Å²) in [4.78, 5) is 8.94. The Morgan fingerprint density at radius 1 is 1.00 bits per heavy atom. The quantitative estimate of drug-likeness (QED) is 0.737. The van der Waals surface area contributed by atoms with Crippen molar-refractivity contribution in [2.75, 3.05) is 5.32 Å². The molecule has 4 nitrogen and oxygen atoms in total. The molecule has 0 fully saturated rings. The summed E-state index contributed by atoms with van der Waals surface area (Å²) in [7, 11) is 0. The van der Waals surface area contributed by atoms with Crippen molar-refractivity contribution in [2.45, 2.75) is 25.5 Å². The van der Waals surface area contributed by atoms with Crippen molar-refractivity contribution in [1.29, 1.82) is 0 Å². The van der Waals surface area contributed by atoms with Crippen LogP contribution >= 0.6 is 11.6 Å². The van der Waals surface area contributed by atoms with Crippen LogP contribution in [0.15, 0.2) is 54.6 Å². The summed E-state index contributed by atoms with van der Waals surface area (Å²) in [5, 5.41) is 13.4. The molecule has 1 heterocycles. The van der Waals surface area contributed by atoms with E-state index in [0.717, 1.165) is 16.6 Å². The summed E-state index contributed by atoms with van der Waals surface area (Å²) in [6.07, 6.45) is 0.106. The van der Waals surface area contributed by atoms with Gasteiger partial charge in [-0.2, -0.15) is 0 Å². The molecule has 0 spiro atoms. The molecule has 2 N–H and O–H groups in total. The molecule has 0 saturated heterocycles. The van der Waals surface area contributed by atoms with Crippen LogP contribution < -0.4 is 5.32 Å². The summed E-state index contributed by atoms with van der Waals surface area (Å²) in [5.41, 5.74) is 2.61. The number of rotatable bonds is 5. The minimum atomic E-state index is -0.445. The largest absolute Gasteiger partial charge is 0.393 e. The molecule has 3 rings (SSSR count). The molecule has 2 unspecified atom stereocenters. The van der Waals surface area contributed by atoms with E-state index < -0.39 is 6.10 Å². The summed E-state index contributed by atoms with van der Waals surface area (Å²) in [6, 6.07) is 17.4. The lowest BCUT2D eigenvalue weighted by Crippen LogP contribution is -2.17. The van der Waals surface area contributed by atoms with Crippen molar-refractivity contribution in [1.82, 2.24) is 9.97 Å². The molecule has 0 radical (unpaired) electrons. The lowest BCUT2D eigenvalue weighted by Gasteiger charge is -2.21. The predicted octanol–water partition coefficient (Wildman–Crippen LogP) is 4.21. The fraction of sp³-hybridized carbons (Fsp3) is 0.222. The Morgan fingerprint density at radius 3 is 2.26 bits per heavy atom. The van der Waals surface area contributed by atoms with E-state index in [4.69, 9.17) is 11.6 Å². The first-order valence-electron chi connectivity index (χ1n) is 7.55. The van der Waals surface area contributed by atoms with Crippen LogP contribution in [0.3, 0.4) is 0 Å². The Balaban J connectivity index is 1.94. The third-order valence-electron chi connectivity index (χ3n) is 3.62. The first-order chi connectivity index (χ1) is 11.1. The summed E-state index contributed by atoms with van der Waals surface area (Å²) >= 11 is 6.27. The maximum Gasteiger partial charge on any atom is 0.172 e. The number of para-hydroxylation sites is 2. The zero-order valence-corrected chi connectivity index (χ0v) is 13.5. The van der Waals surface area contributed by atoms with Gasteiger partial charge in [0, 0.05) is 0 Å². The predicted molar refractivity (Wildman–Crippen MR) is 93.7 cm³/mol. The number of fused-ring (bicyclic) bond motifs is 1. The van der Waals surface area contributed by atoms with E-state index in [1.807, 2.05) is 54.6 Å². The number of anilines is 1. The Kier molecular flexibility index (Phi) is 4.74. The highest BCUT2D eigenvalue weighted by Gasteiger charge is 2.17.